The fourth-order valence-electron chi connectivity index (χ4n) is 4.68. The van der Waals surface area contributed by atoms with Crippen molar-refractivity contribution >= 4 is 12.1 Å². The van der Waals surface area contributed by atoms with Crippen LogP contribution in [-0.2, 0) is 9.47 Å². The Labute approximate surface area is 201 Å². The van der Waals surface area contributed by atoms with Gasteiger partial charge in [0.2, 0.25) is 0 Å². The molecule has 1 amide bonds. The number of rotatable bonds is 7. The van der Waals surface area contributed by atoms with Crippen LogP contribution in [0.2, 0.25) is 0 Å². The first kappa shape index (κ1) is 24.3. The predicted molar refractivity (Wildman–Crippen MR) is 129 cm³/mol. The number of carbonyl (C=O) groups is 2. The number of aromatic nitrogens is 2. The molecule has 8 nitrogen and oxygen atoms in total. The summed E-state index contributed by atoms with van der Waals surface area (Å²) in [4.78, 5) is 24.5. The summed E-state index contributed by atoms with van der Waals surface area (Å²) in [6.45, 7) is 7.71. The molecule has 0 saturated heterocycles. The van der Waals surface area contributed by atoms with Crippen LogP contribution in [0.1, 0.15) is 99.7 Å². The van der Waals surface area contributed by atoms with Crippen molar-refractivity contribution in [2.45, 2.75) is 89.7 Å². The second-order valence-electron chi connectivity index (χ2n) is 10.3. The van der Waals surface area contributed by atoms with Gasteiger partial charge in [-0.15, -0.1) is 0 Å². The quantitative estimate of drug-likeness (QED) is 0.440. The Bertz CT molecular complexity index is 1020. The fraction of sp³-hybridized carbons (Fsp3) is 0.577. The number of hydrazine groups is 1. The zero-order chi connectivity index (χ0) is 24.3. The van der Waals surface area contributed by atoms with Crippen LogP contribution in [0.25, 0.3) is 5.69 Å². The molecule has 8 heteroatoms. The maximum absolute atomic E-state index is 12.5. The van der Waals surface area contributed by atoms with Gasteiger partial charge in [0.15, 0.2) is 0 Å². The summed E-state index contributed by atoms with van der Waals surface area (Å²) in [5.74, 6) is 0.425. The molecule has 1 heterocycles. The Balaban J connectivity index is 1.47. The summed E-state index contributed by atoms with van der Waals surface area (Å²) in [7, 11) is 0. The number of nitrogens with zero attached hydrogens (tertiary/aromatic N) is 2. The van der Waals surface area contributed by atoms with E-state index < -0.39 is 11.7 Å². The maximum Gasteiger partial charge on any atom is 0.422 e. The van der Waals surface area contributed by atoms with Gasteiger partial charge >= 0.3 is 12.1 Å². The number of esters is 1. The molecule has 34 heavy (non-hydrogen) atoms. The molecule has 0 spiro atoms. The van der Waals surface area contributed by atoms with Gasteiger partial charge in [-0.2, -0.15) is 5.10 Å². The third kappa shape index (κ3) is 5.97. The lowest BCUT2D eigenvalue weighted by molar-refractivity contribution is 0.0479. The van der Waals surface area contributed by atoms with E-state index in [1.54, 1.807) is 6.20 Å². The molecule has 2 aliphatic rings. The largest absolute Gasteiger partial charge is 0.462 e. The lowest BCUT2D eigenvalue weighted by Crippen LogP contribution is -2.47. The molecule has 4 rings (SSSR count). The number of benzene rings is 1. The van der Waals surface area contributed by atoms with Gasteiger partial charge in [-0.05, 0) is 83.4 Å². The molecular weight excluding hydrogens is 432 g/mol. The van der Waals surface area contributed by atoms with E-state index in [-0.39, 0.29) is 12.0 Å². The number of hydrogen-bond acceptors (Lipinski definition) is 6. The van der Waals surface area contributed by atoms with Crippen LogP contribution in [0.15, 0.2) is 30.5 Å². The third-order valence-electron chi connectivity index (χ3n) is 6.30. The SMILES string of the molecule is CCOC(=O)c1cnn(-c2cccc([C@@H]3CCC[C@H](NNC(=O)OC(C)(C)C)C3)c2)c1C1CC1. The van der Waals surface area contributed by atoms with E-state index in [1.165, 1.54) is 5.56 Å². The molecule has 2 atom stereocenters. The lowest BCUT2D eigenvalue weighted by atomic mass is 9.81. The number of hydrogen-bond donors (Lipinski definition) is 2. The smallest absolute Gasteiger partial charge is 0.422 e. The Morgan fingerprint density at radius 2 is 1.94 bits per heavy atom. The van der Waals surface area contributed by atoms with E-state index in [0.717, 1.165) is 49.9 Å². The molecule has 1 aromatic carbocycles. The topological polar surface area (TPSA) is 94.5 Å². The predicted octanol–water partition coefficient (Wildman–Crippen LogP) is 4.98. The fourth-order valence-corrected chi connectivity index (χ4v) is 4.68. The molecule has 184 valence electrons. The molecule has 0 unspecified atom stereocenters. The minimum absolute atomic E-state index is 0.178. The van der Waals surface area contributed by atoms with Gasteiger partial charge in [0.05, 0.1) is 24.2 Å². The normalized spacial score (nSPS) is 20.6. The standard InChI is InChI=1S/C26H36N4O4/c1-5-33-24(31)22-16-27-30(23(22)17-12-13-17)21-11-7-9-19(15-21)18-8-6-10-20(14-18)28-29-25(32)34-26(2,3)4/h7,9,11,15-18,20,28H,5-6,8,10,12-14H2,1-4H3,(H,29,32)/t18-,20+/m1/s1. The molecule has 2 aliphatic carbocycles. The van der Waals surface area contributed by atoms with E-state index in [4.69, 9.17) is 9.47 Å². The highest BCUT2D eigenvalue weighted by atomic mass is 16.6. The second-order valence-corrected chi connectivity index (χ2v) is 10.3. The van der Waals surface area contributed by atoms with Crippen molar-refractivity contribution in [2.75, 3.05) is 6.61 Å². The van der Waals surface area contributed by atoms with Crippen molar-refractivity contribution in [3.63, 3.8) is 0 Å². The monoisotopic (exact) mass is 468 g/mol. The summed E-state index contributed by atoms with van der Waals surface area (Å²) in [5.41, 5.74) is 9.08. The van der Waals surface area contributed by atoms with Crippen LogP contribution in [0.5, 0.6) is 0 Å². The molecule has 2 aromatic rings. The number of ether oxygens (including phenoxy) is 2. The van der Waals surface area contributed by atoms with E-state index in [2.05, 4.69) is 34.1 Å². The van der Waals surface area contributed by atoms with E-state index in [1.807, 2.05) is 38.4 Å². The summed E-state index contributed by atoms with van der Waals surface area (Å²) in [5, 5.41) is 4.57. The number of amides is 1. The maximum atomic E-state index is 12.5. The average molecular weight is 469 g/mol. The molecule has 2 N–H and O–H groups in total. The molecule has 0 aliphatic heterocycles. The molecule has 0 bridgehead atoms. The van der Waals surface area contributed by atoms with Crippen molar-refractivity contribution < 1.29 is 19.1 Å². The summed E-state index contributed by atoms with van der Waals surface area (Å²) >= 11 is 0. The van der Waals surface area contributed by atoms with Crippen LogP contribution in [0.4, 0.5) is 4.79 Å². The highest BCUT2D eigenvalue weighted by Gasteiger charge is 2.33. The summed E-state index contributed by atoms with van der Waals surface area (Å²) in [6.07, 6.45) is 7.40. The van der Waals surface area contributed by atoms with Crippen molar-refractivity contribution in [1.29, 1.82) is 0 Å². The number of nitrogens with one attached hydrogen (secondary N) is 2. The highest BCUT2D eigenvalue weighted by molar-refractivity contribution is 5.91. The molecular formula is C26H36N4O4. The molecule has 2 fully saturated rings. The first-order chi connectivity index (χ1) is 16.2. The third-order valence-corrected chi connectivity index (χ3v) is 6.30. The van der Waals surface area contributed by atoms with Gasteiger partial charge in [0.25, 0.3) is 0 Å². The first-order valence-electron chi connectivity index (χ1n) is 12.3. The van der Waals surface area contributed by atoms with Gasteiger partial charge in [0.1, 0.15) is 11.2 Å². The molecule has 0 radical (unpaired) electrons. The van der Waals surface area contributed by atoms with Crippen LogP contribution in [0.3, 0.4) is 0 Å². The Kier molecular flexibility index (Phi) is 7.26. The minimum atomic E-state index is -0.528. The van der Waals surface area contributed by atoms with Gasteiger partial charge in [0, 0.05) is 12.0 Å². The zero-order valence-electron chi connectivity index (χ0n) is 20.6. The van der Waals surface area contributed by atoms with Gasteiger partial charge in [-0.1, -0.05) is 18.6 Å². The second kappa shape index (κ2) is 10.2. The van der Waals surface area contributed by atoms with Crippen molar-refractivity contribution in [3.8, 4) is 5.69 Å². The van der Waals surface area contributed by atoms with Gasteiger partial charge in [-0.3, -0.25) is 5.43 Å². The molecule has 2 saturated carbocycles. The summed E-state index contributed by atoms with van der Waals surface area (Å²) in [6, 6.07) is 8.62. The Morgan fingerprint density at radius 3 is 2.65 bits per heavy atom. The van der Waals surface area contributed by atoms with Crippen molar-refractivity contribution in [2.24, 2.45) is 0 Å². The average Bonchev–Trinajstić information content (AvgIpc) is 3.54. The molecule has 1 aromatic heterocycles. The lowest BCUT2D eigenvalue weighted by Gasteiger charge is -2.30. The highest BCUT2D eigenvalue weighted by Crippen LogP contribution is 2.43. The van der Waals surface area contributed by atoms with Crippen LogP contribution >= 0.6 is 0 Å². The van der Waals surface area contributed by atoms with Crippen molar-refractivity contribution in [3.05, 3.63) is 47.3 Å². The van der Waals surface area contributed by atoms with Gasteiger partial charge < -0.3 is 9.47 Å². The minimum Gasteiger partial charge on any atom is -0.462 e. The van der Waals surface area contributed by atoms with Crippen molar-refractivity contribution in [1.82, 2.24) is 20.6 Å². The van der Waals surface area contributed by atoms with Crippen LogP contribution in [0, 0.1) is 0 Å². The zero-order valence-corrected chi connectivity index (χ0v) is 20.6. The van der Waals surface area contributed by atoms with Crippen LogP contribution < -0.4 is 10.9 Å². The van der Waals surface area contributed by atoms with E-state index in [9.17, 15) is 9.59 Å². The number of carbonyl (C=O) groups excluding carboxylic acids is 2. The Hall–Kier alpha value is -2.87. The van der Waals surface area contributed by atoms with E-state index >= 15 is 0 Å². The van der Waals surface area contributed by atoms with E-state index in [0.29, 0.717) is 24.0 Å². The van der Waals surface area contributed by atoms with Gasteiger partial charge in [-0.25, -0.2) is 19.7 Å². The summed E-state index contributed by atoms with van der Waals surface area (Å²) < 4.78 is 12.5. The van der Waals surface area contributed by atoms with Crippen LogP contribution in [-0.4, -0.2) is 40.1 Å². The first-order valence-corrected chi connectivity index (χ1v) is 12.3. The Morgan fingerprint density at radius 1 is 1.15 bits per heavy atom.